The number of fused-ring (bicyclic) bond motifs is 9. The lowest BCUT2D eigenvalue weighted by atomic mass is 9.91. The maximum absolute atomic E-state index is 6.43. The number of halogens is 1. The largest absolute Gasteiger partial charge is 0.452 e. The summed E-state index contributed by atoms with van der Waals surface area (Å²) in [6.07, 6.45) is 0. The minimum Gasteiger partial charge on any atom is -0.452 e. The van der Waals surface area contributed by atoms with Gasteiger partial charge in [-0.25, -0.2) is 9.97 Å². The first-order valence-corrected chi connectivity index (χ1v) is 15.4. The van der Waals surface area contributed by atoms with Crippen LogP contribution in [0.15, 0.2) is 148 Å². The zero-order valence-corrected chi connectivity index (χ0v) is 25.0. The molecule has 0 amide bonds. The molecule has 7 aromatic carbocycles. The van der Waals surface area contributed by atoms with E-state index in [0.717, 1.165) is 48.9 Å². The maximum atomic E-state index is 6.43. The second-order valence-electron chi connectivity index (χ2n) is 11.1. The van der Waals surface area contributed by atoms with E-state index in [9.17, 15) is 0 Å². The van der Waals surface area contributed by atoms with E-state index in [1.165, 1.54) is 32.3 Å². The molecule has 44 heavy (non-hydrogen) atoms. The third-order valence-electron chi connectivity index (χ3n) is 8.52. The lowest BCUT2D eigenvalue weighted by Crippen LogP contribution is -1.94. The average molecular weight is 628 g/mol. The Kier molecular flexibility index (Phi) is 5.65. The van der Waals surface area contributed by atoms with E-state index < -0.39 is 0 Å². The Labute approximate surface area is 261 Å². The van der Waals surface area contributed by atoms with Gasteiger partial charge in [-0.3, -0.25) is 0 Å². The SMILES string of the molecule is Brc1ccc2oc3c(-c4cccc(-c5ccc6c7ccccc7c7ccccc7c6c5)c4)nc(-c4ccccc4)nc3c2c1. The lowest BCUT2D eigenvalue weighted by Gasteiger charge is -2.12. The van der Waals surface area contributed by atoms with Crippen molar-refractivity contribution in [2.24, 2.45) is 0 Å². The van der Waals surface area contributed by atoms with E-state index in [1.54, 1.807) is 0 Å². The Balaban J connectivity index is 1.27. The van der Waals surface area contributed by atoms with Gasteiger partial charge in [0, 0.05) is 21.0 Å². The lowest BCUT2D eigenvalue weighted by molar-refractivity contribution is 0.667. The number of benzene rings is 7. The molecule has 0 aliphatic carbocycles. The molecule has 0 bridgehead atoms. The summed E-state index contributed by atoms with van der Waals surface area (Å²) < 4.78 is 7.41. The van der Waals surface area contributed by atoms with Crippen LogP contribution >= 0.6 is 15.9 Å². The molecule has 2 aromatic heterocycles. The van der Waals surface area contributed by atoms with E-state index in [-0.39, 0.29) is 0 Å². The van der Waals surface area contributed by atoms with Crippen LogP contribution < -0.4 is 0 Å². The van der Waals surface area contributed by atoms with Crippen LogP contribution in [0.4, 0.5) is 0 Å². The highest BCUT2D eigenvalue weighted by Gasteiger charge is 2.19. The summed E-state index contributed by atoms with van der Waals surface area (Å²) in [5.74, 6) is 0.672. The first-order chi connectivity index (χ1) is 21.7. The van der Waals surface area contributed by atoms with Gasteiger partial charge in [0.15, 0.2) is 11.4 Å². The predicted molar refractivity (Wildman–Crippen MR) is 186 cm³/mol. The molecular weight excluding hydrogens is 604 g/mol. The number of rotatable bonds is 3. The van der Waals surface area contributed by atoms with Gasteiger partial charge in [0.05, 0.1) is 0 Å². The number of furan rings is 1. The van der Waals surface area contributed by atoms with Crippen LogP contribution in [0.3, 0.4) is 0 Å². The van der Waals surface area contributed by atoms with Crippen molar-refractivity contribution in [3.8, 4) is 33.8 Å². The highest BCUT2D eigenvalue weighted by atomic mass is 79.9. The zero-order valence-electron chi connectivity index (χ0n) is 23.5. The van der Waals surface area contributed by atoms with Gasteiger partial charge < -0.3 is 4.42 Å². The molecule has 0 aliphatic rings. The highest BCUT2D eigenvalue weighted by molar-refractivity contribution is 9.10. The van der Waals surface area contributed by atoms with Crippen LogP contribution in [-0.4, -0.2) is 9.97 Å². The fraction of sp³-hybridized carbons (Fsp3) is 0. The first kappa shape index (κ1) is 25.2. The predicted octanol–water partition coefficient (Wildman–Crippen LogP) is 11.6. The fourth-order valence-corrected chi connectivity index (χ4v) is 6.82. The monoisotopic (exact) mass is 626 g/mol. The van der Waals surface area contributed by atoms with Crippen LogP contribution in [0.5, 0.6) is 0 Å². The molecule has 0 atom stereocenters. The molecule has 9 rings (SSSR count). The van der Waals surface area contributed by atoms with Crippen molar-refractivity contribution in [2.75, 3.05) is 0 Å². The molecule has 0 radical (unpaired) electrons. The molecule has 0 aliphatic heterocycles. The van der Waals surface area contributed by atoms with Gasteiger partial charge in [-0.05, 0) is 73.8 Å². The van der Waals surface area contributed by atoms with E-state index in [1.807, 2.05) is 42.5 Å². The molecule has 206 valence electrons. The molecule has 0 saturated heterocycles. The Morgan fingerprint density at radius 3 is 1.80 bits per heavy atom. The number of nitrogens with zero attached hydrogens (tertiary/aromatic N) is 2. The van der Waals surface area contributed by atoms with E-state index >= 15 is 0 Å². The molecule has 0 unspecified atom stereocenters. The summed E-state index contributed by atoms with van der Waals surface area (Å²) >= 11 is 3.63. The van der Waals surface area contributed by atoms with Crippen molar-refractivity contribution in [1.29, 1.82) is 0 Å². The van der Waals surface area contributed by atoms with Gasteiger partial charge in [-0.1, -0.05) is 125 Å². The number of hydrogen-bond acceptors (Lipinski definition) is 3. The van der Waals surface area contributed by atoms with Crippen molar-refractivity contribution >= 4 is 70.3 Å². The highest BCUT2D eigenvalue weighted by Crippen LogP contribution is 2.40. The number of hydrogen-bond donors (Lipinski definition) is 0. The molecule has 2 heterocycles. The summed E-state index contributed by atoms with van der Waals surface area (Å²) in [6, 6.07) is 48.9. The van der Waals surface area contributed by atoms with E-state index in [0.29, 0.717) is 11.4 Å². The molecule has 0 spiro atoms. The van der Waals surface area contributed by atoms with Gasteiger partial charge in [0.2, 0.25) is 0 Å². The third-order valence-corrected chi connectivity index (χ3v) is 9.01. The van der Waals surface area contributed by atoms with Gasteiger partial charge in [0.1, 0.15) is 16.8 Å². The van der Waals surface area contributed by atoms with Crippen LogP contribution in [-0.2, 0) is 0 Å². The quantitative estimate of drug-likeness (QED) is 0.183. The van der Waals surface area contributed by atoms with Crippen molar-refractivity contribution in [2.45, 2.75) is 0 Å². The minimum absolute atomic E-state index is 0.672. The van der Waals surface area contributed by atoms with Gasteiger partial charge in [0.25, 0.3) is 0 Å². The van der Waals surface area contributed by atoms with Crippen molar-refractivity contribution < 1.29 is 4.42 Å². The van der Waals surface area contributed by atoms with Crippen LogP contribution in [0.1, 0.15) is 0 Å². The Bertz CT molecular complexity index is 2530. The average Bonchev–Trinajstić information content (AvgIpc) is 3.46. The molecule has 9 aromatic rings. The first-order valence-electron chi connectivity index (χ1n) is 14.6. The zero-order chi connectivity index (χ0) is 29.2. The number of aromatic nitrogens is 2. The van der Waals surface area contributed by atoms with E-state index in [2.05, 4.69) is 113 Å². The van der Waals surface area contributed by atoms with Gasteiger partial charge in [-0.15, -0.1) is 0 Å². The second kappa shape index (κ2) is 9.87. The topological polar surface area (TPSA) is 38.9 Å². The van der Waals surface area contributed by atoms with Gasteiger partial charge in [-0.2, -0.15) is 0 Å². The fourth-order valence-electron chi connectivity index (χ4n) is 6.46. The molecule has 0 N–H and O–H groups in total. The molecule has 3 nitrogen and oxygen atoms in total. The van der Waals surface area contributed by atoms with Crippen LogP contribution in [0.25, 0.3) is 88.2 Å². The van der Waals surface area contributed by atoms with Crippen LogP contribution in [0.2, 0.25) is 0 Å². The Hall–Kier alpha value is -5.32. The molecule has 4 heteroatoms. The molecular formula is C40H23BrN2O. The molecule has 0 fully saturated rings. The maximum Gasteiger partial charge on any atom is 0.180 e. The van der Waals surface area contributed by atoms with E-state index in [4.69, 9.17) is 14.4 Å². The van der Waals surface area contributed by atoms with Gasteiger partial charge >= 0.3 is 0 Å². The smallest absolute Gasteiger partial charge is 0.180 e. The minimum atomic E-state index is 0.672. The molecule has 0 saturated carbocycles. The van der Waals surface area contributed by atoms with Crippen molar-refractivity contribution in [1.82, 2.24) is 9.97 Å². The van der Waals surface area contributed by atoms with Crippen LogP contribution in [0, 0.1) is 0 Å². The Morgan fingerprint density at radius 1 is 0.432 bits per heavy atom. The van der Waals surface area contributed by atoms with Crippen molar-refractivity contribution in [3.63, 3.8) is 0 Å². The summed E-state index contributed by atoms with van der Waals surface area (Å²) in [5, 5.41) is 8.56. The summed E-state index contributed by atoms with van der Waals surface area (Å²) in [7, 11) is 0. The third kappa shape index (κ3) is 3.95. The normalized spacial score (nSPS) is 11.8. The Morgan fingerprint density at radius 2 is 1.05 bits per heavy atom. The van der Waals surface area contributed by atoms with Crippen molar-refractivity contribution in [3.05, 3.63) is 144 Å². The standard InChI is InChI=1S/C40H23BrN2O/c41-28-18-20-36-35(23-28)38-39(44-36)37(42-40(43-38)24-9-2-1-3-10-24)27-12-8-11-25(21-27)26-17-19-33-31-15-5-4-13-29(31)30-14-6-7-16-32(30)34(33)22-26/h1-23H. The summed E-state index contributed by atoms with van der Waals surface area (Å²) in [4.78, 5) is 10.1. The second-order valence-corrected chi connectivity index (χ2v) is 12.0. The summed E-state index contributed by atoms with van der Waals surface area (Å²) in [5.41, 5.74) is 7.27. The summed E-state index contributed by atoms with van der Waals surface area (Å²) in [6.45, 7) is 0.